The molecule has 2 aliphatic heterocycles. The number of nitrogens with zero attached hydrogens (tertiary/aromatic N) is 5. The first-order valence-corrected chi connectivity index (χ1v) is 8.35. The molecule has 0 saturated heterocycles. The van der Waals surface area contributed by atoms with Crippen LogP contribution < -0.4 is 9.64 Å². The molecular weight excluding hydrogens is 337 g/mol. The molecule has 4 heterocycles. The largest absolute Gasteiger partial charge is 0.491 e. The zero-order valence-corrected chi connectivity index (χ0v) is 14.1. The summed E-state index contributed by atoms with van der Waals surface area (Å²) in [5, 5.41) is 4.32. The molecule has 0 spiro atoms. The number of rotatable bonds is 0. The molecule has 1 aromatic carbocycles. The van der Waals surface area contributed by atoms with Gasteiger partial charge >= 0.3 is 0 Å². The highest BCUT2D eigenvalue weighted by Gasteiger charge is 2.25. The third kappa shape index (κ3) is 2.45. The molecule has 0 radical (unpaired) electrons. The quantitative estimate of drug-likeness (QED) is 0.619. The lowest BCUT2D eigenvalue weighted by atomic mass is 10.2. The van der Waals surface area contributed by atoms with Gasteiger partial charge in [-0.05, 0) is 24.3 Å². The van der Waals surface area contributed by atoms with Gasteiger partial charge in [0.1, 0.15) is 42.2 Å². The Balaban J connectivity index is 1.66. The van der Waals surface area contributed by atoms with Gasteiger partial charge in [-0.3, -0.25) is 0 Å². The standard InChI is InChI=1S/C18H16FN5O2/c1-23-8-11-6-12(19)2-3-15(11)25-9-13-10-26-18(21-13)14-7-20-24-5-4-16(23)22-17(14)24/h2-7,13H,8-10H2,1H3. The smallest absolute Gasteiger partial charge is 0.222 e. The van der Waals surface area contributed by atoms with E-state index in [0.29, 0.717) is 37.1 Å². The molecule has 1 atom stereocenters. The summed E-state index contributed by atoms with van der Waals surface area (Å²) in [5.74, 6) is 1.62. The predicted molar refractivity (Wildman–Crippen MR) is 93.3 cm³/mol. The molecule has 0 amide bonds. The van der Waals surface area contributed by atoms with Crippen LogP contribution in [0.2, 0.25) is 0 Å². The molecule has 26 heavy (non-hydrogen) atoms. The second kappa shape index (κ2) is 5.69. The second-order valence-corrected chi connectivity index (χ2v) is 6.43. The number of hydrogen-bond acceptors (Lipinski definition) is 6. The summed E-state index contributed by atoms with van der Waals surface area (Å²) in [6.07, 6.45) is 3.55. The fourth-order valence-corrected chi connectivity index (χ4v) is 3.21. The van der Waals surface area contributed by atoms with Gasteiger partial charge in [0.15, 0.2) is 5.65 Å². The van der Waals surface area contributed by atoms with Gasteiger partial charge < -0.3 is 14.4 Å². The molecule has 1 unspecified atom stereocenters. The van der Waals surface area contributed by atoms with Gasteiger partial charge in [0.2, 0.25) is 5.90 Å². The summed E-state index contributed by atoms with van der Waals surface area (Å²) in [4.78, 5) is 11.2. The fraction of sp³-hybridized carbons (Fsp3) is 0.278. The van der Waals surface area contributed by atoms with E-state index in [0.717, 1.165) is 16.9 Å². The van der Waals surface area contributed by atoms with Crippen LogP contribution in [0.5, 0.6) is 5.75 Å². The van der Waals surface area contributed by atoms with Gasteiger partial charge in [0, 0.05) is 25.4 Å². The van der Waals surface area contributed by atoms with Gasteiger partial charge in [-0.1, -0.05) is 0 Å². The minimum atomic E-state index is -0.295. The molecular formula is C18H16FN5O2. The topological polar surface area (TPSA) is 64.2 Å². The van der Waals surface area contributed by atoms with E-state index in [4.69, 9.17) is 14.5 Å². The van der Waals surface area contributed by atoms with Gasteiger partial charge in [-0.2, -0.15) is 5.10 Å². The SMILES string of the molecule is CN1Cc2cc(F)ccc2OCC2COC(=N2)c2cnn3ccc1nc23. The van der Waals surface area contributed by atoms with E-state index in [1.165, 1.54) is 12.1 Å². The molecule has 0 saturated carbocycles. The Morgan fingerprint density at radius 2 is 2.08 bits per heavy atom. The number of aliphatic imine (C=N–C) groups is 1. The summed E-state index contributed by atoms with van der Waals surface area (Å²) in [6, 6.07) is 6.29. The molecule has 5 rings (SSSR count). The Bertz CT molecular complexity index is 1030. The molecule has 7 nitrogen and oxygen atoms in total. The van der Waals surface area contributed by atoms with Crippen molar-refractivity contribution >= 4 is 17.4 Å². The van der Waals surface area contributed by atoms with Crippen molar-refractivity contribution in [2.24, 2.45) is 4.99 Å². The second-order valence-electron chi connectivity index (χ2n) is 6.43. The average Bonchev–Trinajstić information content (AvgIpc) is 3.26. The zero-order chi connectivity index (χ0) is 17.7. The third-order valence-corrected chi connectivity index (χ3v) is 4.55. The van der Waals surface area contributed by atoms with E-state index in [-0.39, 0.29) is 11.9 Å². The summed E-state index contributed by atoms with van der Waals surface area (Å²) >= 11 is 0. The number of hydrogen-bond donors (Lipinski definition) is 0. The lowest BCUT2D eigenvalue weighted by Gasteiger charge is -2.21. The van der Waals surface area contributed by atoms with E-state index in [2.05, 4.69) is 10.1 Å². The highest BCUT2D eigenvalue weighted by Crippen LogP contribution is 2.26. The molecule has 0 N–H and O–H groups in total. The van der Waals surface area contributed by atoms with Crippen molar-refractivity contribution in [3.8, 4) is 5.75 Å². The first-order valence-electron chi connectivity index (χ1n) is 8.35. The van der Waals surface area contributed by atoms with Crippen molar-refractivity contribution < 1.29 is 13.9 Å². The van der Waals surface area contributed by atoms with E-state index >= 15 is 0 Å². The monoisotopic (exact) mass is 353 g/mol. The molecule has 0 aliphatic carbocycles. The normalized spacial score (nSPS) is 19.1. The molecule has 2 aliphatic rings. The van der Waals surface area contributed by atoms with Crippen LogP contribution in [0.15, 0.2) is 41.7 Å². The van der Waals surface area contributed by atoms with Crippen LogP contribution in [0.25, 0.3) is 5.65 Å². The predicted octanol–water partition coefficient (Wildman–Crippen LogP) is 2.04. The van der Waals surface area contributed by atoms with Crippen molar-refractivity contribution in [3.63, 3.8) is 0 Å². The molecule has 2 aromatic heterocycles. The van der Waals surface area contributed by atoms with E-state index < -0.39 is 0 Å². The third-order valence-electron chi connectivity index (χ3n) is 4.55. The zero-order valence-electron chi connectivity index (χ0n) is 14.1. The highest BCUT2D eigenvalue weighted by atomic mass is 19.1. The summed E-state index contributed by atoms with van der Waals surface area (Å²) in [6.45, 7) is 1.26. The molecule has 4 bridgehead atoms. The molecule has 8 heteroatoms. The molecule has 3 aromatic rings. The maximum Gasteiger partial charge on any atom is 0.222 e. The van der Waals surface area contributed by atoms with E-state index in [9.17, 15) is 4.39 Å². The Kier molecular flexibility index (Phi) is 3.31. The number of aromatic nitrogens is 3. The number of ether oxygens (including phenoxy) is 2. The van der Waals surface area contributed by atoms with Gasteiger partial charge in [-0.15, -0.1) is 0 Å². The number of halogens is 1. The van der Waals surface area contributed by atoms with Crippen LogP contribution in [0.3, 0.4) is 0 Å². The minimum Gasteiger partial charge on any atom is -0.491 e. The maximum absolute atomic E-state index is 13.8. The molecule has 132 valence electrons. The lowest BCUT2D eigenvalue weighted by molar-refractivity contribution is 0.241. The lowest BCUT2D eigenvalue weighted by Crippen LogP contribution is -2.21. The Morgan fingerprint density at radius 3 is 3.00 bits per heavy atom. The van der Waals surface area contributed by atoms with Crippen LogP contribution in [0.4, 0.5) is 10.2 Å². The average molecular weight is 353 g/mol. The summed E-state index contributed by atoms with van der Waals surface area (Å²) in [5.41, 5.74) is 2.18. The summed E-state index contributed by atoms with van der Waals surface area (Å²) < 4.78 is 27.1. The highest BCUT2D eigenvalue weighted by molar-refractivity contribution is 6.00. The number of benzene rings is 1. The van der Waals surface area contributed by atoms with Gasteiger partial charge in [0.05, 0.1) is 6.20 Å². The maximum atomic E-state index is 13.8. The van der Waals surface area contributed by atoms with Crippen LogP contribution >= 0.6 is 0 Å². The van der Waals surface area contributed by atoms with E-state index in [1.54, 1.807) is 16.8 Å². The summed E-state index contributed by atoms with van der Waals surface area (Å²) in [7, 11) is 1.91. The van der Waals surface area contributed by atoms with Crippen molar-refractivity contribution in [2.75, 3.05) is 25.2 Å². The van der Waals surface area contributed by atoms with Crippen LogP contribution in [0.1, 0.15) is 11.1 Å². The Labute approximate surface area is 148 Å². The van der Waals surface area contributed by atoms with Crippen molar-refractivity contribution in [1.82, 2.24) is 14.6 Å². The fourth-order valence-electron chi connectivity index (χ4n) is 3.21. The van der Waals surface area contributed by atoms with Gasteiger partial charge in [-0.25, -0.2) is 18.9 Å². The first-order chi connectivity index (χ1) is 12.7. The Hall–Kier alpha value is -3.16. The Morgan fingerprint density at radius 1 is 1.19 bits per heavy atom. The van der Waals surface area contributed by atoms with E-state index in [1.807, 2.05) is 24.2 Å². The van der Waals surface area contributed by atoms with Crippen molar-refractivity contribution in [3.05, 3.63) is 53.6 Å². The number of anilines is 1. The van der Waals surface area contributed by atoms with Crippen LogP contribution in [-0.4, -0.2) is 46.8 Å². The van der Waals surface area contributed by atoms with Crippen LogP contribution in [0, 0.1) is 5.82 Å². The first kappa shape index (κ1) is 15.1. The van der Waals surface area contributed by atoms with Crippen molar-refractivity contribution in [1.29, 1.82) is 0 Å². The van der Waals surface area contributed by atoms with Gasteiger partial charge in [0.25, 0.3) is 0 Å². The van der Waals surface area contributed by atoms with Crippen molar-refractivity contribution in [2.45, 2.75) is 12.6 Å². The number of fused-ring (bicyclic) bond motifs is 4. The van der Waals surface area contributed by atoms with Crippen LogP contribution in [-0.2, 0) is 11.3 Å². The molecule has 0 fully saturated rings. The minimum absolute atomic E-state index is 0.125.